The van der Waals surface area contributed by atoms with Crippen molar-refractivity contribution in [1.29, 1.82) is 0 Å². The SMILES string of the molecule is COC(=O)CCCn1nc(C)c(CN)c1C. The molecule has 1 aromatic heterocycles. The van der Waals surface area contributed by atoms with E-state index in [1.165, 1.54) is 7.11 Å². The molecule has 0 radical (unpaired) electrons. The fourth-order valence-corrected chi connectivity index (χ4v) is 1.72. The number of methoxy groups -OCH3 is 1. The van der Waals surface area contributed by atoms with Gasteiger partial charge in [-0.1, -0.05) is 0 Å². The molecule has 0 aromatic carbocycles. The van der Waals surface area contributed by atoms with Gasteiger partial charge in [0.2, 0.25) is 0 Å². The van der Waals surface area contributed by atoms with Crippen LogP contribution in [0.25, 0.3) is 0 Å². The molecule has 0 bridgehead atoms. The molecule has 90 valence electrons. The second kappa shape index (κ2) is 5.65. The molecule has 0 spiro atoms. The molecule has 0 amide bonds. The fourth-order valence-electron chi connectivity index (χ4n) is 1.72. The quantitative estimate of drug-likeness (QED) is 0.756. The van der Waals surface area contributed by atoms with Gasteiger partial charge in [0.25, 0.3) is 0 Å². The number of aryl methyl sites for hydroxylation is 2. The van der Waals surface area contributed by atoms with E-state index in [4.69, 9.17) is 5.73 Å². The van der Waals surface area contributed by atoms with E-state index < -0.39 is 0 Å². The van der Waals surface area contributed by atoms with Crippen LogP contribution in [0, 0.1) is 13.8 Å². The lowest BCUT2D eigenvalue weighted by Gasteiger charge is -2.04. The Labute approximate surface area is 95.6 Å². The van der Waals surface area contributed by atoms with Gasteiger partial charge < -0.3 is 10.5 Å². The first kappa shape index (κ1) is 12.7. The minimum Gasteiger partial charge on any atom is -0.469 e. The molecule has 5 heteroatoms. The van der Waals surface area contributed by atoms with Crippen molar-refractivity contribution in [2.45, 2.75) is 39.8 Å². The van der Waals surface area contributed by atoms with Gasteiger partial charge in [0.1, 0.15) is 0 Å². The summed E-state index contributed by atoms with van der Waals surface area (Å²) >= 11 is 0. The molecule has 2 N–H and O–H groups in total. The number of carbonyl (C=O) groups is 1. The van der Waals surface area contributed by atoms with Gasteiger partial charge in [-0.2, -0.15) is 5.10 Å². The molecule has 1 heterocycles. The zero-order valence-electron chi connectivity index (χ0n) is 10.1. The van der Waals surface area contributed by atoms with E-state index >= 15 is 0 Å². The summed E-state index contributed by atoms with van der Waals surface area (Å²) in [5.74, 6) is -0.180. The highest BCUT2D eigenvalue weighted by atomic mass is 16.5. The average Bonchev–Trinajstić information content (AvgIpc) is 2.53. The molecular formula is C11H19N3O2. The molecule has 0 fully saturated rings. The van der Waals surface area contributed by atoms with E-state index in [1.807, 2.05) is 18.5 Å². The third-order valence-electron chi connectivity index (χ3n) is 2.71. The molecule has 16 heavy (non-hydrogen) atoms. The third-order valence-corrected chi connectivity index (χ3v) is 2.71. The third kappa shape index (κ3) is 2.82. The second-order valence-corrected chi connectivity index (χ2v) is 3.76. The van der Waals surface area contributed by atoms with Crippen LogP contribution in [-0.2, 0) is 22.6 Å². The Kier molecular flexibility index (Phi) is 4.49. The number of hydrogen-bond acceptors (Lipinski definition) is 4. The van der Waals surface area contributed by atoms with E-state index in [9.17, 15) is 4.79 Å². The van der Waals surface area contributed by atoms with Crippen molar-refractivity contribution in [2.75, 3.05) is 7.11 Å². The number of nitrogens with zero attached hydrogens (tertiary/aromatic N) is 2. The van der Waals surface area contributed by atoms with Crippen molar-refractivity contribution in [3.05, 3.63) is 17.0 Å². The summed E-state index contributed by atoms with van der Waals surface area (Å²) in [5, 5.41) is 4.39. The number of aromatic nitrogens is 2. The smallest absolute Gasteiger partial charge is 0.305 e. The second-order valence-electron chi connectivity index (χ2n) is 3.76. The molecule has 0 unspecified atom stereocenters. The van der Waals surface area contributed by atoms with Crippen LogP contribution in [0.1, 0.15) is 29.8 Å². The maximum Gasteiger partial charge on any atom is 0.305 e. The van der Waals surface area contributed by atoms with Gasteiger partial charge in [0.15, 0.2) is 0 Å². The number of rotatable bonds is 5. The van der Waals surface area contributed by atoms with Gasteiger partial charge in [0.05, 0.1) is 12.8 Å². The normalized spacial score (nSPS) is 10.5. The predicted molar refractivity (Wildman–Crippen MR) is 60.8 cm³/mol. The van der Waals surface area contributed by atoms with Crippen molar-refractivity contribution >= 4 is 5.97 Å². The molecular weight excluding hydrogens is 206 g/mol. The van der Waals surface area contributed by atoms with Crippen LogP contribution < -0.4 is 5.73 Å². The number of hydrogen-bond donors (Lipinski definition) is 1. The molecule has 0 aliphatic heterocycles. The minimum atomic E-state index is -0.180. The van der Waals surface area contributed by atoms with Crippen molar-refractivity contribution in [2.24, 2.45) is 5.73 Å². The zero-order valence-corrected chi connectivity index (χ0v) is 10.1. The Morgan fingerprint density at radius 3 is 2.69 bits per heavy atom. The molecule has 5 nitrogen and oxygen atoms in total. The van der Waals surface area contributed by atoms with Crippen LogP contribution in [0.4, 0.5) is 0 Å². The highest BCUT2D eigenvalue weighted by Gasteiger charge is 2.09. The van der Waals surface area contributed by atoms with E-state index in [0.717, 1.165) is 29.9 Å². The highest BCUT2D eigenvalue weighted by Crippen LogP contribution is 2.12. The lowest BCUT2D eigenvalue weighted by Crippen LogP contribution is -2.07. The molecule has 0 aliphatic carbocycles. The molecule has 0 saturated heterocycles. The summed E-state index contributed by atoms with van der Waals surface area (Å²) in [6.07, 6.45) is 1.16. The number of ether oxygens (including phenoxy) is 1. The highest BCUT2D eigenvalue weighted by molar-refractivity contribution is 5.68. The number of nitrogens with two attached hydrogens (primary N) is 1. The van der Waals surface area contributed by atoms with Gasteiger partial charge in [0, 0.05) is 30.8 Å². The average molecular weight is 225 g/mol. The Morgan fingerprint density at radius 2 is 2.19 bits per heavy atom. The summed E-state index contributed by atoms with van der Waals surface area (Å²) in [4.78, 5) is 10.9. The van der Waals surface area contributed by atoms with Crippen LogP contribution in [0.5, 0.6) is 0 Å². The van der Waals surface area contributed by atoms with Gasteiger partial charge in [-0.3, -0.25) is 9.48 Å². The largest absolute Gasteiger partial charge is 0.469 e. The molecule has 0 atom stereocenters. The van der Waals surface area contributed by atoms with E-state index in [2.05, 4.69) is 9.84 Å². The summed E-state index contributed by atoms with van der Waals surface area (Å²) in [6.45, 7) is 5.18. The van der Waals surface area contributed by atoms with Crippen LogP contribution in [0.15, 0.2) is 0 Å². The van der Waals surface area contributed by atoms with Crippen molar-refractivity contribution in [3.63, 3.8) is 0 Å². The van der Waals surface area contributed by atoms with Crippen molar-refractivity contribution in [3.8, 4) is 0 Å². The summed E-state index contributed by atoms with van der Waals surface area (Å²) in [7, 11) is 1.40. The standard InChI is InChI=1S/C11H19N3O2/c1-8-10(7-12)9(2)14(13-8)6-4-5-11(15)16-3/h4-7,12H2,1-3H3. The van der Waals surface area contributed by atoms with Crippen molar-refractivity contribution in [1.82, 2.24) is 9.78 Å². The van der Waals surface area contributed by atoms with E-state index in [1.54, 1.807) is 0 Å². The maximum atomic E-state index is 10.9. The zero-order chi connectivity index (χ0) is 12.1. The maximum absolute atomic E-state index is 10.9. The molecule has 0 saturated carbocycles. The summed E-state index contributed by atoms with van der Waals surface area (Å²) < 4.78 is 6.48. The van der Waals surface area contributed by atoms with Gasteiger partial charge >= 0.3 is 5.97 Å². The lowest BCUT2D eigenvalue weighted by molar-refractivity contribution is -0.140. The minimum absolute atomic E-state index is 0.180. The molecule has 0 aliphatic rings. The topological polar surface area (TPSA) is 70.1 Å². The Hall–Kier alpha value is -1.36. The van der Waals surface area contributed by atoms with Crippen LogP contribution >= 0.6 is 0 Å². The molecule has 1 rings (SSSR count). The first-order valence-corrected chi connectivity index (χ1v) is 5.40. The Balaban J connectivity index is 2.58. The Morgan fingerprint density at radius 1 is 1.50 bits per heavy atom. The van der Waals surface area contributed by atoms with E-state index in [0.29, 0.717) is 13.0 Å². The van der Waals surface area contributed by atoms with Crippen LogP contribution in [0.2, 0.25) is 0 Å². The first-order valence-electron chi connectivity index (χ1n) is 5.40. The van der Waals surface area contributed by atoms with Gasteiger partial charge in [-0.05, 0) is 20.3 Å². The van der Waals surface area contributed by atoms with Crippen LogP contribution in [-0.4, -0.2) is 22.9 Å². The monoisotopic (exact) mass is 225 g/mol. The van der Waals surface area contributed by atoms with Crippen LogP contribution in [0.3, 0.4) is 0 Å². The first-order chi connectivity index (χ1) is 7.60. The number of esters is 1. The fraction of sp³-hybridized carbons (Fsp3) is 0.636. The Bertz CT molecular complexity index is 372. The lowest BCUT2D eigenvalue weighted by atomic mass is 10.2. The summed E-state index contributed by atoms with van der Waals surface area (Å²) in [5.41, 5.74) is 8.79. The van der Waals surface area contributed by atoms with Crippen molar-refractivity contribution < 1.29 is 9.53 Å². The van der Waals surface area contributed by atoms with Gasteiger partial charge in [-0.25, -0.2) is 0 Å². The van der Waals surface area contributed by atoms with Gasteiger partial charge in [-0.15, -0.1) is 0 Å². The number of carbonyl (C=O) groups excluding carboxylic acids is 1. The van der Waals surface area contributed by atoms with E-state index in [-0.39, 0.29) is 5.97 Å². The predicted octanol–water partition coefficient (Wildman–Crippen LogP) is 0.912. The molecule has 1 aromatic rings. The summed E-state index contributed by atoms with van der Waals surface area (Å²) in [6, 6.07) is 0.